The zero-order valence-corrected chi connectivity index (χ0v) is 14.4. The van der Waals surface area contributed by atoms with Gasteiger partial charge in [0, 0.05) is 63.1 Å². The molecule has 0 N–H and O–H groups in total. The van der Waals surface area contributed by atoms with Crippen molar-refractivity contribution in [3.8, 4) is 0 Å². The van der Waals surface area contributed by atoms with Crippen LogP contribution in [0.15, 0.2) is 48.8 Å². The first kappa shape index (κ1) is 16.6. The van der Waals surface area contributed by atoms with Gasteiger partial charge in [-0.25, -0.2) is 4.39 Å². The van der Waals surface area contributed by atoms with Gasteiger partial charge in [-0.1, -0.05) is 24.3 Å². The number of ether oxygens (including phenoxy) is 1. The molecular formula is C20H24FN3O. The van der Waals surface area contributed by atoms with E-state index in [9.17, 15) is 4.39 Å². The molecule has 0 amide bonds. The predicted octanol–water partition coefficient (Wildman–Crippen LogP) is 2.55. The molecule has 2 fully saturated rings. The Morgan fingerprint density at radius 2 is 1.92 bits per heavy atom. The Labute approximate surface area is 148 Å². The fourth-order valence-corrected chi connectivity index (χ4v) is 3.94. The monoisotopic (exact) mass is 341 g/mol. The third-order valence-electron chi connectivity index (χ3n) is 5.17. The van der Waals surface area contributed by atoms with Gasteiger partial charge in [0.25, 0.3) is 0 Å². The van der Waals surface area contributed by atoms with Crippen molar-refractivity contribution in [3.05, 3.63) is 65.7 Å². The summed E-state index contributed by atoms with van der Waals surface area (Å²) in [6, 6.07) is 11.2. The van der Waals surface area contributed by atoms with Crippen molar-refractivity contribution in [2.45, 2.75) is 19.2 Å². The molecule has 0 radical (unpaired) electrons. The number of benzene rings is 1. The maximum absolute atomic E-state index is 13.9. The van der Waals surface area contributed by atoms with Crippen LogP contribution in [-0.2, 0) is 17.8 Å². The highest BCUT2D eigenvalue weighted by Gasteiger charge is 2.36. The van der Waals surface area contributed by atoms with E-state index >= 15 is 0 Å². The Morgan fingerprint density at radius 3 is 2.76 bits per heavy atom. The van der Waals surface area contributed by atoms with Crippen LogP contribution >= 0.6 is 0 Å². The molecular weight excluding hydrogens is 317 g/mol. The van der Waals surface area contributed by atoms with Crippen LogP contribution in [0.1, 0.15) is 11.1 Å². The van der Waals surface area contributed by atoms with Gasteiger partial charge in [-0.2, -0.15) is 0 Å². The molecule has 0 saturated carbocycles. The van der Waals surface area contributed by atoms with E-state index in [1.165, 1.54) is 11.6 Å². The van der Waals surface area contributed by atoms with Crippen LogP contribution < -0.4 is 0 Å². The largest absolute Gasteiger partial charge is 0.375 e. The van der Waals surface area contributed by atoms with Crippen LogP contribution in [-0.4, -0.2) is 53.7 Å². The first-order chi connectivity index (χ1) is 12.3. The van der Waals surface area contributed by atoms with Crippen molar-refractivity contribution in [2.24, 2.45) is 5.92 Å². The first-order valence-corrected chi connectivity index (χ1v) is 8.96. The van der Waals surface area contributed by atoms with Crippen LogP contribution in [0, 0.1) is 11.7 Å². The number of nitrogens with zero attached hydrogens (tertiary/aromatic N) is 3. The van der Waals surface area contributed by atoms with E-state index in [1.54, 1.807) is 6.07 Å². The number of hydrogen-bond acceptors (Lipinski definition) is 4. The van der Waals surface area contributed by atoms with E-state index in [0.717, 1.165) is 44.9 Å². The highest BCUT2D eigenvalue weighted by molar-refractivity contribution is 5.17. The lowest BCUT2D eigenvalue weighted by Crippen LogP contribution is -2.32. The summed E-state index contributed by atoms with van der Waals surface area (Å²) in [5, 5.41) is 0. The average molecular weight is 341 g/mol. The molecule has 0 aliphatic carbocycles. The summed E-state index contributed by atoms with van der Waals surface area (Å²) in [5.41, 5.74) is 2.01. The van der Waals surface area contributed by atoms with Gasteiger partial charge in [-0.3, -0.25) is 14.8 Å². The lowest BCUT2D eigenvalue weighted by molar-refractivity contribution is 0.0509. The van der Waals surface area contributed by atoms with Gasteiger partial charge in [-0.05, 0) is 17.7 Å². The molecule has 5 heteroatoms. The number of fused-ring (bicyclic) bond motifs is 1. The third kappa shape index (κ3) is 4.06. The highest BCUT2D eigenvalue weighted by Crippen LogP contribution is 2.26. The Kier molecular flexibility index (Phi) is 5.06. The standard InChI is InChI=1S/C20H24FN3O/c21-19-6-2-1-5-17(19)12-24-14-18-13-23(8-9-25-20(18)15-24)11-16-4-3-7-22-10-16/h1-7,10,18,20H,8-9,11-15H2/t18-,20+/m0/s1. The van der Waals surface area contributed by atoms with Crippen LogP contribution in [0.3, 0.4) is 0 Å². The number of aromatic nitrogens is 1. The Balaban J connectivity index is 1.38. The smallest absolute Gasteiger partial charge is 0.127 e. The van der Waals surface area contributed by atoms with Gasteiger partial charge in [-0.15, -0.1) is 0 Å². The van der Waals surface area contributed by atoms with Crippen molar-refractivity contribution in [1.82, 2.24) is 14.8 Å². The third-order valence-corrected chi connectivity index (χ3v) is 5.17. The second-order valence-electron chi connectivity index (χ2n) is 7.05. The zero-order chi connectivity index (χ0) is 17.1. The Morgan fingerprint density at radius 1 is 1.04 bits per heavy atom. The fraction of sp³-hybridized carbons (Fsp3) is 0.450. The molecule has 0 unspecified atom stereocenters. The molecule has 4 rings (SSSR count). The van der Waals surface area contributed by atoms with Crippen LogP contribution in [0.4, 0.5) is 4.39 Å². The molecule has 4 nitrogen and oxygen atoms in total. The lowest BCUT2D eigenvalue weighted by atomic mass is 10.1. The highest BCUT2D eigenvalue weighted by atomic mass is 19.1. The summed E-state index contributed by atoms with van der Waals surface area (Å²) >= 11 is 0. The summed E-state index contributed by atoms with van der Waals surface area (Å²) in [7, 11) is 0. The normalized spacial score (nSPS) is 24.8. The van der Waals surface area contributed by atoms with E-state index < -0.39 is 0 Å². The average Bonchev–Trinajstić information content (AvgIpc) is 2.89. The second-order valence-corrected chi connectivity index (χ2v) is 7.05. The number of rotatable bonds is 4. The molecule has 0 bridgehead atoms. The summed E-state index contributed by atoms with van der Waals surface area (Å²) in [5.74, 6) is 0.361. The number of likely N-dealkylation sites (tertiary alicyclic amines) is 1. The maximum atomic E-state index is 13.9. The molecule has 3 heterocycles. The molecule has 25 heavy (non-hydrogen) atoms. The minimum atomic E-state index is -0.117. The van der Waals surface area contributed by atoms with Crippen molar-refractivity contribution in [1.29, 1.82) is 0 Å². The van der Waals surface area contributed by atoms with Crippen LogP contribution in [0.5, 0.6) is 0 Å². The number of pyridine rings is 1. The molecule has 1 aromatic heterocycles. The minimum absolute atomic E-state index is 0.117. The van der Waals surface area contributed by atoms with Gasteiger partial charge in [0.2, 0.25) is 0 Å². The topological polar surface area (TPSA) is 28.6 Å². The van der Waals surface area contributed by atoms with Gasteiger partial charge >= 0.3 is 0 Å². The SMILES string of the molecule is Fc1ccccc1CN1C[C@@H]2CN(Cc3cccnc3)CCO[C@@H]2C1. The van der Waals surface area contributed by atoms with E-state index in [1.807, 2.05) is 30.6 Å². The van der Waals surface area contributed by atoms with Crippen molar-refractivity contribution in [2.75, 3.05) is 32.8 Å². The summed E-state index contributed by atoms with van der Waals surface area (Å²) in [6.07, 6.45) is 4.00. The van der Waals surface area contributed by atoms with Crippen LogP contribution in [0.2, 0.25) is 0 Å². The van der Waals surface area contributed by atoms with E-state index in [2.05, 4.69) is 20.9 Å². The number of halogens is 1. The molecule has 2 aliphatic rings. The summed E-state index contributed by atoms with van der Waals surface area (Å²) < 4.78 is 20.0. The predicted molar refractivity (Wildman–Crippen MR) is 94.4 cm³/mol. The molecule has 1 aromatic carbocycles. The van der Waals surface area contributed by atoms with Gasteiger partial charge in [0.1, 0.15) is 5.82 Å². The van der Waals surface area contributed by atoms with Crippen molar-refractivity contribution >= 4 is 0 Å². The van der Waals surface area contributed by atoms with E-state index in [0.29, 0.717) is 12.5 Å². The second kappa shape index (κ2) is 7.60. The molecule has 132 valence electrons. The molecule has 0 spiro atoms. The summed E-state index contributed by atoms with van der Waals surface area (Å²) in [4.78, 5) is 8.98. The molecule has 2 saturated heterocycles. The lowest BCUT2D eigenvalue weighted by Gasteiger charge is -2.23. The van der Waals surface area contributed by atoms with Gasteiger partial charge < -0.3 is 4.74 Å². The van der Waals surface area contributed by atoms with Crippen LogP contribution in [0.25, 0.3) is 0 Å². The minimum Gasteiger partial charge on any atom is -0.375 e. The Bertz CT molecular complexity index is 696. The van der Waals surface area contributed by atoms with Gasteiger partial charge in [0.15, 0.2) is 0 Å². The Hall–Kier alpha value is -1.82. The van der Waals surface area contributed by atoms with Crippen molar-refractivity contribution < 1.29 is 9.13 Å². The number of hydrogen-bond donors (Lipinski definition) is 0. The van der Waals surface area contributed by atoms with E-state index in [4.69, 9.17) is 4.74 Å². The summed E-state index contributed by atoms with van der Waals surface area (Å²) in [6.45, 7) is 6.15. The quantitative estimate of drug-likeness (QED) is 0.855. The fourth-order valence-electron chi connectivity index (χ4n) is 3.94. The van der Waals surface area contributed by atoms with Crippen molar-refractivity contribution in [3.63, 3.8) is 0 Å². The molecule has 2 aliphatic heterocycles. The van der Waals surface area contributed by atoms with Gasteiger partial charge in [0.05, 0.1) is 12.7 Å². The zero-order valence-electron chi connectivity index (χ0n) is 14.4. The molecule has 2 aromatic rings. The maximum Gasteiger partial charge on any atom is 0.127 e. The first-order valence-electron chi connectivity index (χ1n) is 8.96. The molecule has 2 atom stereocenters. The van der Waals surface area contributed by atoms with E-state index in [-0.39, 0.29) is 11.9 Å².